The summed E-state index contributed by atoms with van der Waals surface area (Å²) < 4.78 is 5.73. The van der Waals surface area contributed by atoms with Crippen LogP contribution in [-0.4, -0.2) is 50.3 Å². The molecule has 0 aromatic carbocycles. The Hall–Kier alpha value is -0.120. The Morgan fingerprint density at radius 1 is 1.38 bits per heavy atom. The van der Waals surface area contributed by atoms with Crippen molar-refractivity contribution in [3.05, 3.63) is 0 Å². The van der Waals surface area contributed by atoms with Crippen LogP contribution < -0.4 is 5.32 Å². The molecule has 3 nitrogen and oxygen atoms in total. The maximum absolute atomic E-state index is 5.73. The molecule has 0 aromatic rings. The molecule has 1 heterocycles. The molecule has 1 aliphatic rings. The van der Waals surface area contributed by atoms with Gasteiger partial charge in [0.05, 0.1) is 12.7 Å². The highest BCUT2D eigenvalue weighted by Gasteiger charge is 2.14. The largest absolute Gasteiger partial charge is 0.376 e. The molecule has 1 rings (SSSR count). The molecule has 0 aromatic heterocycles. The molecule has 0 radical (unpaired) electrons. The van der Waals surface area contributed by atoms with Crippen molar-refractivity contribution in [2.24, 2.45) is 0 Å². The topological polar surface area (TPSA) is 24.5 Å². The van der Waals surface area contributed by atoms with E-state index in [1.165, 1.54) is 6.42 Å². The average Bonchev–Trinajstić information content (AvgIpc) is 2.65. The summed E-state index contributed by atoms with van der Waals surface area (Å²) >= 11 is 0. The van der Waals surface area contributed by atoms with Crippen molar-refractivity contribution >= 4 is 0 Å². The summed E-state index contributed by atoms with van der Waals surface area (Å²) in [5.74, 6) is 0. The normalized spacial score (nSPS) is 22.8. The number of hydrogen-bond acceptors (Lipinski definition) is 3. The van der Waals surface area contributed by atoms with E-state index in [9.17, 15) is 0 Å². The first-order valence-corrected chi connectivity index (χ1v) is 5.41. The van der Waals surface area contributed by atoms with E-state index in [1.54, 1.807) is 0 Å². The van der Waals surface area contributed by atoms with Gasteiger partial charge in [-0.25, -0.2) is 0 Å². The zero-order valence-electron chi connectivity index (χ0n) is 8.88. The quantitative estimate of drug-likeness (QED) is 0.661. The van der Waals surface area contributed by atoms with Crippen LogP contribution in [0.2, 0.25) is 0 Å². The van der Waals surface area contributed by atoms with Gasteiger partial charge in [-0.2, -0.15) is 0 Å². The van der Waals surface area contributed by atoms with E-state index in [4.69, 9.17) is 4.74 Å². The van der Waals surface area contributed by atoms with Gasteiger partial charge in [0, 0.05) is 13.1 Å². The van der Waals surface area contributed by atoms with Gasteiger partial charge in [-0.15, -0.1) is 0 Å². The molecule has 0 amide bonds. The van der Waals surface area contributed by atoms with E-state index in [0.29, 0.717) is 6.10 Å². The third kappa shape index (κ3) is 4.07. The molecule has 0 aliphatic carbocycles. The van der Waals surface area contributed by atoms with Crippen molar-refractivity contribution in [2.45, 2.75) is 26.4 Å². The van der Waals surface area contributed by atoms with Gasteiger partial charge in [-0.05, 0) is 26.1 Å². The van der Waals surface area contributed by atoms with E-state index in [0.717, 1.165) is 39.3 Å². The van der Waals surface area contributed by atoms with E-state index in [2.05, 4.69) is 24.1 Å². The molecular formula is C10H22N2O. The summed E-state index contributed by atoms with van der Waals surface area (Å²) in [5.41, 5.74) is 0. The molecule has 0 saturated carbocycles. The van der Waals surface area contributed by atoms with Crippen molar-refractivity contribution < 1.29 is 4.74 Å². The van der Waals surface area contributed by atoms with E-state index in [-0.39, 0.29) is 0 Å². The van der Waals surface area contributed by atoms with Gasteiger partial charge in [-0.3, -0.25) is 0 Å². The summed E-state index contributed by atoms with van der Waals surface area (Å²) in [7, 11) is 0. The van der Waals surface area contributed by atoms with Gasteiger partial charge in [0.2, 0.25) is 0 Å². The number of rotatable bonds is 6. The van der Waals surface area contributed by atoms with Gasteiger partial charge in [-0.1, -0.05) is 13.8 Å². The molecule has 1 atom stereocenters. The van der Waals surface area contributed by atoms with E-state index in [1.807, 2.05) is 0 Å². The van der Waals surface area contributed by atoms with Crippen molar-refractivity contribution in [1.29, 1.82) is 0 Å². The predicted octanol–water partition coefficient (Wildman–Crippen LogP) is 0.707. The van der Waals surface area contributed by atoms with Gasteiger partial charge < -0.3 is 15.0 Å². The van der Waals surface area contributed by atoms with Crippen LogP contribution in [0.1, 0.15) is 20.3 Å². The summed E-state index contributed by atoms with van der Waals surface area (Å²) in [5, 5.41) is 3.30. The lowest BCUT2D eigenvalue weighted by Gasteiger charge is -2.19. The SMILES string of the molecule is CCN(CC)CCO[C@H]1CCNC1. The lowest BCUT2D eigenvalue weighted by Crippen LogP contribution is -2.29. The van der Waals surface area contributed by atoms with Gasteiger partial charge >= 0.3 is 0 Å². The summed E-state index contributed by atoms with van der Waals surface area (Å²) in [6.45, 7) is 10.8. The predicted molar refractivity (Wildman–Crippen MR) is 55.0 cm³/mol. The standard InChI is InChI=1S/C10H22N2O/c1-3-12(4-2)7-8-13-10-5-6-11-9-10/h10-11H,3-9H2,1-2H3/t10-/m0/s1. The number of hydrogen-bond donors (Lipinski definition) is 1. The molecule has 1 saturated heterocycles. The minimum absolute atomic E-state index is 0.468. The number of nitrogens with one attached hydrogen (secondary N) is 1. The third-order valence-corrected chi connectivity index (χ3v) is 2.67. The Labute approximate surface area is 81.4 Å². The molecule has 0 bridgehead atoms. The molecule has 1 fully saturated rings. The smallest absolute Gasteiger partial charge is 0.0712 e. The highest BCUT2D eigenvalue weighted by Crippen LogP contribution is 2.02. The lowest BCUT2D eigenvalue weighted by atomic mass is 10.3. The van der Waals surface area contributed by atoms with Crippen LogP contribution in [0.4, 0.5) is 0 Å². The van der Waals surface area contributed by atoms with Gasteiger partial charge in [0.15, 0.2) is 0 Å². The number of nitrogens with zero attached hydrogens (tertiary/aromatic N) is 1. The first-order chi connectivity index (χ1) is 6.36. The van der Waals surface area contributed by atoms with Gasteiger partial charge in [0.25, 0.3) is 0 Å². The van der Waals surface area contributed by atoms with Crippen LogP contribution in [0.3, 0.4) is 0 Å². The highest BCUT2D eigenvalue weighted by molar-refractivity contribution is 4.70. The monoisotopic (exact) mass is 186 g/mol. The second kappa shape index (κ2) is 6.35. The minimum Gasteiger partial charge on any atom is -0.376 e. The zero-order valence-corrected chi connectivity index (χ0v) is 8.88. The van der Waals surface area contributed by atoms with Crippen molar-refractivity contribution in [3.8, 4) is 0 Å². The van der Waals surface area contributed by atoms with Gasteiger partial charge in [0.1, 0.15) is 0 Å². The maximum atomic E-state index is 5.73. The number of ether oxygens (including phenoxy) is 1. The van der Waals surface area contributed by atoms with Crippen LogP contribution in [0.5, 0.6) is 0 Å². The van der Waals surface area contributed by atoms with E-state index < -0.39 is 0 Å². The van der Waals surface area contributed by atoms with Crippen LogP contribution >= 0.6 is 0 Å². The first-order valence-electron chi connectivity index (χ1n) is 5.41. The van der Waals surface area contributed by atoms with Crippen molar-refractivity contribution in [1.82, 2.24) is 10.2 Å². The molecular weight excluding hydrogens is 164 g/mol. The molecule has 1 N–H and O–H groups in total. The van der Waals surface area contributed by atoms with Crippen LogP contribution in [-0.2, 0) is 4.74 Å². The Balaban J connectivity index is 1.98. The van der Waals surface area contributed by atoms with Crippen LogP contribution in [0, 0.1) is 0 Å². The first kappa shape index (κ1) is 11.0. The molecule has 78 valence electrons. The molecule has 3 heteroatoms. The average molecular weight is 186 g/mol. The Bertz CT molecular complexity index is 118. The summed E-state index contributed by atoms with van der Waals surface area (Å²) in [6.07, 6.45) is 1.65. The van der Waals surface area contributed by atoms with Crippen LogP contribution in [0.25, 0.3) is 0 Å². The Morgan fingerprint density at radius 3 is 2.69 bits per heavy atom. The molecule has 13 heavy (non-hydrogen) atoms. The van der Waals surface area contributed by atoms with Crippen molar-refractivity contribution in [2.75, 3.05) is 39.3 Å². The fraction of sp³-hybridized carbons (Fsp3) is 1.00. The minimum atomic E-state index is 0.468. The summed E-state index contributed by atoms with van der Waals surface area (Å²) in [6, 6.07) is 0. The third-order valence-electron chi connectivity index (χ3n) is 2.67. The Kier molecular flexibility index (Phi) is 5.35. The highest BCUT2D eigenvalue weighted by atomic mass is 16.5. The second-order valence-corrected chi connectivity index (χ2v) is 3.51. The summed E-state index contributed by atoms with van der Waals surface area (Å²) in [4.78, 5) is 2.39. The second-order valence-electron chi connectivity index (χ2n) is 3.51. The zero-order chi connectivity index (χ0) is 9.52. The molecule has 0 unspecified atom stereocenters. The fourth-order valence-electron chi connectivity index (χ4n) is 1.66. The molecule has 1 aliphatic heterocycles. The fourth-order valence-corrected chi connectivity index (χ4v) is 1.66. The van der Waals surface area contributed by atoms with E-state index >= 15 is 0 Å². The lowest BCUT2D eigenvalue weighted by molar-refractivity contribution is 0.0510. The van der Waals surface area contributed by atoms with Crippen LogP contribution in [0.15, 0.2) is 0 Å². The van der Waals surface area contributed by atoms with Crippen molar-refractivity contribution in [3.63, 3.8) is 0 Å². The molecule has 0 spiro atoms. The number of likely N-dealkylation sites (N-methyl/N-ethyl adjacent to an activating group) is 1. The maximum Gasteiger partial charge on any atom is 0.0712 e. The Morgan fingerprint density at radius 2 is 2.15 bits per heavy atom.